The summed E-state index contributed by atoms with van der Waals surface area (Å²) in [6, 6.07) is 0.674. The number of hydrogen-bond donors (Lipinski definition) is 1. The van der Waals surface area contributed by atoms with Gasteiger partial charge in [-0.25, -0.2) is 0 Å². The maximum Gasteiger partial charge on any atom is 0.0600 e. The van der Waals surface area contributed by atoms with E-state index in [1.54, 1.807) is 0 Å². The summed E-state index contributed by atoms with van der Waals surface area (Å²) in [6.45, 7) is 10.6. The Balaban J connectivity index is 2.15. The monoisotopic (exact) mass is 214 g/mol. The van der Waals surface area contributed by atoms with Crippen LogP contribution >= 0.6 is 0 Å². The molecule has 1 heterocycles. The molecule has 15 heavy (non-hydrogen) atoms. The van der Waals surface area contributed by atoms with Crippen LogP contribution in [0, 0.1) is 0 Å². The molecule has 0 aliphatic carbocycles. The molecule has 1 aliphatic rings. The van der Waals surface area contributed by atoms with Gasteiger partial charge >= 0.3 is 0 Å². The zero-order chi connectivity index (χ0) is 11.3. The smallest absolute Gasteiger partial charge is 0.0600 e. The van der Waals surface area contributed by atoms with Crippen LogP contribution in [-0.4, -0.2) is 49.8 Å². The summed E-state index contributed by atoms with van der Waals surface area (Å²) in [5, 5.41) is 3.36. The van der Waals surface area contributed by atoms with E-state index in [-0.39, 0.29) is 5.60 Å². The minimum absolute atomic E-state index is 0.00179. The fourth-order valence-electron chi connectivity index (χ4n) is 1.98. The van der Waals surface area contributed by atoms with Crippen LogP contribution in [-0.2, 0) is 4.74 Å². The minimum Gasteiger partial charge on any atom is -0.375 e. The Morgan fingerprint density at radius 2 is 2.13 bits per heavy atom. The van der Waals surface area contributed by atoms with E-state index in [1.807, 2.05) is 0 Å². The Morgan fingerprint density at radius 3 is 2.73 bits per heavy atom. The third kappa shape index (κ3) is 5.50. The molecule has 1 fully saturated rings. The van der Waals surface area contributed by atoms with E-state index < -0.39 is 0 Å². The number of piperidine rings is 1. The van der Waals surface area contributed by atoms with E-state index >= 15 is 0 Å². The van der Waals surface area contributed by atoms with E-state index in [0.717, 1.165) is 13.2 Å². The average Bonchev–Trinajstić information content (AvgIpc) is 2.16. The molecule has 0 aromatic carbocycles. The summed E-state index contributed by atoms with van der Waals surface area (Å²) in [5.74, 6) is 0. The first-order chi connectivity index (χ1) is 7.01. The normalized spacial score (nSPS) is 24.4. The van der Waals surface area contributed by atoms with Gasteiger partial charge < -0.3 is 10.1 Å². The summed E-state index contributed by atoms with van der Waals surface area (Å²) < 4.78 is 5.74. The zero-order valence-corrected chi connectivity index (χ0v) is 10.7. The van der Waals surface area contributed by atoms with Gasteiger partial charge in [0.05, 0.1) is 12.2 Å². The Kier molecular flexibility index (Phi) is 5.03. The predicted molar refractivity (Wildman–Crippen MR) is 64.2 cm³/mol. The number of hydrogen-bond acceptors (Lipinski definition) is 3. The molecule has 3 heteroatoms. The van der Waals surface area contributed by atoms with Crippen LogP contribution in [0.1, 0.15) is 33.6 Å². The largest absolute Gasteiger partial charge is 0.375 e. The molecular formula is C12H26N2O. The van der Waals surface area contributed by atoms with Gasteiger partial charge in [0.15, 0.2) is 0 Å². The van der Waals surface area contributed by atoms with Crippen LogP contribution < -0.4 is 5.32 Å². The standard InChI is InChI=1S/C12H26N2O/c1-12(2,3)15-9-8-14-7-5-6-11(10-14)13-4/h11,13H,5-10H2,1-4H3. The molecule has 90 valence electrons. The second kappa shape index (κ2) is 5.83. The summed E-state index contributed by atoms with van der Waals surface area (Å²) in [7, 11) is 2.06. The first-order valence-corrected chi connectivity index (χ1v) is 6.05. The van der Waals surface area contributed by atoms with Crippen molar-refractivity contribution in [2.45, 2.75) is 45.3 Å². The maximum absolute atomic E-state index is 5.74. The fourth-order valence-corrected chi connectivity index (χ4v) is 1.98. The Bertz CT molecular complexity index is 177. The minimum atomic E-state index is -0.00179. The molecule has 1 N–H and O–H groups in total. The third-order valence-corrected chi connectivity index (χ3v) is 2.86. The summed E-state index contributed by atoms with van der Waals surface area (Å²) >= 11 is 0. The summed E-state index contributed by atoms with van der Waals surface area (Å²) in [5.41, 5.74) is -0.00179. The van der Waals surface area contributed by atoms with Crippen molar-refractivity contribution in [1.29, 1.82) is 0 Å². The number of nitrogens with one attached hydrogen (secondary N) is 1. The number of likely N-dealkylation sites (tertiary alicyclic amines) is 1. The van der Waals surface area contributed by atoms with Crippen LogP contribution in [0.4, 0.5) is 0 Å². The molecule has 3 nitrogen and oxygen atoms in total. The molecule has 0 amide bonds. The Hall–Kier alpha value is -0.120. The first kappa shape index (κ1) is 12.9. The highest BCUT2D eigenvalue weighted by molar-refractivity contribution is 4.76. The predicted octanol–water partition coefficient (Wildman–Crippen LogP) is 1.49. The van der Waals surface area contributed by atoms with Gasteiger partial charge in [0, 0.05) is 19.1 Å². The second-order valence-corrected chi connectivity index (χ2v) is 5.39. The summed E-state index contributed by atoms with van der Waals surface area (Å²) in [6.07, 6.45) is 2.62. The molecule has 1 unspecified atom stereocenters. The van der Waals surface area contributed by atoms with E-state index in [4.69, 9.17) is 4.74 Å². The molecule has 1 atom stereocenters. The average molecular weight is 214 g/mol. The number of nitrogens with zero attached hydrogens (tertiary/aromatic N) is 1. The van der Waals surface area contributed by atoms with Crippen molar-refractivity contribution < 1.29 is 4.74 Å². The second-order valence-electron chi connectivity index (χ2n) is 5.39. The van der Waals surface area contributed by atoms with E-state index in [0.29, 0.717) is 6.04 Å². The van der Waals surface area contributed by atoms with Crippen molar-refractivity contribution in [3.63, 3.8) is 0 Å². The van der Waals surface area contributed by atoms with Gasteiger partial charge in [-0.15, -0.1) is 0 Å². The van der Waals surface area contributed by atoms with Gasteiger partial charge in [0.1, 0.15) is 0 Å². The fraction of sp³-hybridized carbons (Fsp3) is 1.00. The van der Waals surface area contributed by atoms with Crippen LogP contribution in [0.15, 0.2) is 0 Å². The van der Waals surface area contributed by atoms with Crippen LogP contribution in [0.25, 0.3) is 0 Å². The molecule has 0 bridgehead atoms. The third-order valence-electron chi connectivity index (χ3n) is 2.86. The quantitative estimate of drug-likeness (QED) is 0.767. The molecule has 1 aliphatic heterocycles. The van der Waals surface area contributed by atoms with Gasteiger partial charge in [0.25, 0.3) is 0 Å². The van der Waals surface area contributed by atoms with Gasteiger partial charge in [-0.05, 0) is 47.2 Å². The van der Waals surface area contributed by atoms with Crippen LogP contribution in [0.2, 0.25) is 0 Å². The van der Waals surface area contributed by atoms with Gasteiger partial charge in [-0.3, -0.25) is 4.90 Å². The summed E-state index contributed by atoms with van der Waals surface area (Å²) in [4.78, 5) is 2.50. The van der Waals surface area contributed by atoms with E-state index in [9.17, 15) is 0 Å². The van der Waals surface area contributed by atoms with Crippen molar-refractivity contribution in [2.75, 3.05) is 33.3 Å². The molecular weight excluding hydrogens is 188 g/mol. The van der Waals surface area contributed by atoms with Crippen molar-refractivity contribution in [1.82, 2.24) is 10.2 Å². The van der Waals surface area contributed by atoms with Crippen molar-refractivity contribution in [2.24, 2.45) is 0 Å². The topological polar surface area (TPSA) is 24.5 Å². The number of ether oxygens (including phenoxy) is 1. The highest BCUT2D eigenvalue weighted by Gasteiger charge is 2.18. The molecule has 0 aromatic rings. The highest BCUT2D eigenvalue weighted by Crippen LogP contribution is 2.11. The van der Waals surface area contributed by atoms with Gasteiger partial charge in [0.2, 0.25) is 0 Å². The van der Waals surface area contributed by atoms with Crippen LogP contribution in [0.5, 0.6) is 0 Å². The van der Waals surface area contributed by atoms with Crippen molar-refractivity contribution in [3.05, 3.63) is 0 Å². The SMILES string of the molecule is CNC1CCCN(CCOC(C)(C)C)C1. The number of rotatable bonds is 4. The van der Waals surface area contributed by atoms with E-state index in [1.165, 1.54) is 25.9 Å². The van der Waals surface area contributed by atoms with E-state index in [2.05, 4.69) is 38.0 Å². The lowest BCUT2D eigenvalue weighted by atomic mass is 10.1. The van der Waals surface area contributed by atoms with Gasteiger partial charge in [-0.2, -0.15) is 0 Å². The Labute approximate surface area is 94.2 Å². The molecule has 0 spiro atoms. The lowest BCUT2D eigenvalue weighted by Gasteiger charge is -2.33. The molecule has 0 radical (unpaired) electrons. The molecule has 0 saturated carbocycles. The van der Waals surface area contributed by atoms with Gasteiger partial charge in [-0.1, -0.05) is 0 Å². The molecule has 0 aromatic heterocycles. The number of likely N-dealkylation sites (N-methyl/N-ethyl adjacent to an activating group) is 1. The highest BCUT2D eigenvalue weighted by atomic mass is 16.5. The molecule has 1 saturated heterocycles. The van der Waals surface area contributed by atoms with Crippen molar-refractivity contribution in [3.8, 4) is 0 Å². The molecule has 1 rings (SSSR count). The van der Waals surface area contributed by atoms with Crippen LogP contribution in [0.3, 0.4) is 0 Å². The zero-order valence-electron chi connectivity index (χ0n) is 10.7. The lowest BCUT2D eigenvalue weighted by molar-refractivity contribution is -0.0158. The lowest BCUT2D eigenvalue weighted by Crippen LogP contribution is -2.45. The Morgan fingerprint density at radius 1 is 1.40 bits per heavy atom. The first-order valence-electron chi connectivity index (χ1n) is 6.05. The van der Waals surface area contributed by atoms with Crippen molar-refractivity contribution >= 4 is 0 Å². The maximum atomic E-state index is 5.74.